The van der Waals surface area contributed by atoms with E-state index >= 15 is 0 Å². The van der Waals surface area contributed by atoms with Crippen molar-refractivity contribution in [3.05, 3.63) is 17.5 Å². The van der Waals surface area contributed by atoms with Crippen LogP contribution in [0.2, 0.25) is 0 Å². The van der Waals surface area contributed by atoms with Crippen LogP contribution < -0.4 is 5.32 Å². The van der Waals surface area contributed by atoms with E-state index in [1.807, 2.05) is 0 Å². The van der Waals surface area contributed by atoms with Gasteiger partial charge in [-0.15, -0.1) is 11.8 Å². The van der Waals surface area contributed by atoms with Gasteiger partial charge in [0.15, 0.2) is 0 Å². The number of carbonyl (C=O) groups excluding carboxylic acids is 1. The van der Waals surface area contributed by atoms with Crippen LogP contribution in [0.5, 0.6) is 0 Å². The lowest BCUT2D eigenvalue weighted by atomic mass is 10.3. The fraction of sp³-hybridized carbons (Fsp3) is 0.500. The zero-order valence-corrected chi connectivity index (χ0v) is 10.6. The number of aryl methyl sites for hydroxylation is 1. The zero-order chi connectivity index (χ0) is 13.1. The van der Waals surface area contributed by atoms with Crippen molar-refractivity contribution < 1.29 is 19.2 Å². The molecule has 98 valence electrons. The maximum atomic E-state index is 11.8. The maximum absolute atomic E-state index is 11.8. The number of nitrogens with one attached hydrogen (secondary N) is 1. The second-order valence-corrected chi connectivity index (χ2v) is 4.91. The summed E-state index contributed by atoms with van der Waals surface area (Å²) >= 11 is 1.42. The molecule has 1 fully saturated rings. The Kier molecular flexibility index (Phi) is 3.75. The summed E-state index contributed by atoms with van der Waals surface area (Å²) in [5, 5.41) is 15.3. The van der Waals surface area contributed by atoms with Crippen molar-refractivity contribution in [1.29, 1.82) is 0 Å². The first-order valence-electron chi connectivity index (χ1n) is 5.35. The topological polar surface area (TPSA) is 95.7 Å². The van der Waals surface area contributed by atoms with E-state index in [9.17, 15) is 9.59 Å². The zero-order valence-electron chi connectivity index (χ0n) is 9.75. The highest BCUT2D eigenvalue weighted by atomic mass is 32.2. The second kappa shape index (κ2) is 5.30. The van der Waals surface area contributed by atoms with Crippen LogP contribution in [0.25, 0.3) is 0 Å². The Labute approximate surface area is 107 Å². The van der Waals surface area contributed by atoms with Gasteiger partial charge in [-0.2, -0.15) is 0 Å². The highest BCUT2D eigenvalue weighted by molar-refractivity contribution is 7.99. The fourth-order valence-corrected chi connectivity index (χ4v) is 2.76. The number of hydrogen-bond acceptors (Lipinski definition) is 5. The van der Waals surface area contributed by atoms with Crippen LogP contribution in [-0.2, 0) is 11.3 Å². The molecular weight excluding hydrogens is 258 g/mol. The normalized spacial score (nSPS) is 18.9. The van der Waals surface area contributed by atoms with E-state index < -0.39 is 18.0 Å². The number of rotatable bonds is 3. The van der Waals surface area contributed by atoms with Crippen LogP contribution in [0.1, 0.15) is 11.5 Å². The first-order valence-corrected chi connectivity index (χ1v) is 6.50. The molecule has 1 atom stereocenters. The first kappa shape index (κ1) is 12.7. The van der Waals surface area contributed by atoms with Gasteiger partial charge in [-0.1, -0.05) is 5.16 Å². The summed E-state index contributed by atoms with van der Waals surface area (Å²) in [4.78, 5) is 24.1. The predicted octanol–water partition coefficient (Wildman–Crippen LogP) is 0.652. The summed E-state index contributed by atoms with van der Waals surface area (Å²) in [6.07, 6.45) is 0. The highest BCUT2D eigenvalue weighted by Crippen LogP contribution is 2.20. The number of nitrogens with zero attached hydrogens (tertiary/aromatic N) is 2. The lowest BCUT2D eigenvalue weighted by molar-refractivity contribution is -0.140. The van der Waals surface area contributed by atoms with Gasteiger partial charge >= 0.3 is 12.0 Å². The summed E-state index contributed by atoms with van der Waals surface area (Å²) in [6.45, 7) is 1.99. The smallest absolute Gasteiger partial charge is 0.327 e. The third-order valence-corrected chi connectivity index (χ3v) is 3.54. The van der Waals surface area contributed by atoms with Crippen LogP contribution in [-0.4, -0.2) is 44.8 Å². The van der Waals surface area contributed by atoms with E-state index in [2.05, 4.69) is 10.5 Å². The molecule has 1 saturated heterocycles. The molecule has 0 aliphatic carbocycles. The average Bonchev–Trinajstić information content (AvgIpc) is 2.94. The first-order chi connectivity index (χ1) is 8.58. The van der Waals surface area contributed by atoms with Gasteiger partial charge in [0, 0.05) is 11.8 Å². The Morgan fingerprint density at radius 1 is 1.72 bits per heavy atom. The molecule has 2 amide bonds. The summed E-state index contributed by atoms with van der Waals surface area (Å²) < 4.78 is 4.87. The van der Waals surface area contributed by atoms with Crippen LogP contribution in [0, 0.1) is 6.92 Å². The average molecular weight is 271 g/mol. The van der Waals surface area contributed by atoms with Gasteiger partial charge in [-0.25, -0.2) is 9.59 Å². The number of urea groups is 1. The minimum Gasteiger partial charge on any atom is -0.480 e. The Morgan fingerprint density at radius 3 is 3.11 bits per heavy atom. The molecule has 0 radical (unpaired) electrons. The molecule has 0 unspecified atom stereocenters. The molecule has 18 heavy (non-hydrogen) atoms. The number of aliphatic carboxylic acids is 1. The van der Waals surface area contributed by atoms with Crippen molar-refractivity contribution in [1.82, 2.24) is 15.4 Å². The van der Waals surface area contributed by atoms with Crippen LogP contribution in [0.3, 0.4) is 0 Å². The van der Waals surface area contributed by atoms with E-state index in [0.29, 0.717) is 23.1 Å². The molecule has 1 aromatic rings. The molecule has 7 nitrogen and oxygen atoms in total. The van der Waals surface area contributed by atoms with Gasteiger partial charge in [0.25, 0.3) is 0 Å². The molecule has 0 spiro atoms. The van der Waals surface area contributed by atoms with Crippen molar-refractivity contribution in [2.45, 2.75) is 19.5 Å². The summed E-state index contributed by atoms with van der Waals surface area (Å²) in [7, 11) is 0. The monoisotopic (exact) mass is 271 g/mol. The molecule has 1 aromatic heterocycles. The van der Waals surface area contributed by atoms with Gasteiger partial charge in [-0.05, 0) is 6.92 Å². The van der Waals surface area contributed by atoms with E-state index in [4.69, 9.17) is 9.63 Å². The predicted molar refractivity (Wildman–Crippen MR) is 64.1 cm³/mol. The van der Waals surface area contributed by atoms with Crippen molar-refractivity contribution >= 4 is 23.8 Å². The van der Waals surface area contributed by atoms with Gasteiger partial charge in [0.2, 0.25) is 0 Å². The third-order valence-electron chi connectivity index (χ3n) is 2.53. The SMILES string of the molecule is Cc1cc(CNC(=O)N2CSC[C@H]2C(=O)O)no1. The van der Waals surface area contributed by atoms with Crippen LogP contribution in [0.4, 0.5) is 4.79 Å². The Hall–Kier alpha value is -1.70. The molecule has 1 aliphatic rings. The Balaban J connectivity index is 1.89. The molecule has 0 saturated carbocycles. The van der Waals surface area contributed by atoms with E-state index in [1.165, 1.54) is 16.7 Å². The lowest BCUT2D eigenvalue weighted by Gasteiger charge is -2.20. The van der Waals surface area contributed by atoms with Gasteiger partial charge in [0.05, 0.1) is 12.4 Å². The Morgan fingerprint density at radius 2 is 2.50 bits per heavy atom. The maximum Gasteiger partial charge on any atom is 0.327 e. The summed E-state index contributed by atoms with van der Waals surface area (Å²) in [5.74, 6) is 0.499. The molecular formula is C10H13N3O4S. The van der Waals surface area contributed by atoms with E-state index in [0.717, 1.165) is 0 Å². The fourth-order valence-electron chi connectivity index (χ4n) is 1.62. The minimum atomic E-state index is -0.979. The second-order valence-electron chi connectivity index (χ2n) is 3.91. The third kappa shape index (κ3) is 2.76. The number of thioether (sulfide) groups is 1. The van der Waals surface area contributed by atoms with Gasteiger partial charge in [0.1, 0.15) is 17.5 Å². The number of carboxylic acid groups (broad SMARTS) is 1. The van der Waals surface area contributed by atoms with E-state index in [1.54, 1.807) is 13.0 Å². The number of carbonyl (C=O) groups is 2. The van der Waals surface area contributed by atoms with Gasteiger partial charge < -0.3 is 19.8 Å². The number of amides is 2. The van der Waals surface area contributed by atoms with Gasteiger partial charge in [-0.3, -0.25) is 0 Å². The van der Waals surface area contributed by atoms with Crippen molar-refractivity contribution in [3.8, 4) is 0 Å². The molecule has 1 aliphatic heterocycles. The van der Waals surface area contributed by atoms with Crippen LogP contribution in [0.15, 0.2) is 10.6 Å². The molecule has 2 N–H and O–H groups in total. The van der Waals surface area contributed by atoms with Crippen LogP contribution >= 0.6 is 11.8 Å². The van der Waals surface area contributed by atoms with E-state index in [-0.39, 0.29) is 6.54 Å². The minimum absolute atomic E-state index is 0.226. The molecule has 2 rings (SSSR count). The quantitative estimate of drug-likeness (QED) is 0.838. The summed E-state index contributed by atoms with van der Waals surface area (Å²) in [6, 6.07) is 0.565. The molecule has 8 heteroatoms. The Bertz CT molecular complexity index is 462. The standard InChI is InChI=1S/C10H13N3O4S/c1-6-2-7(12-17-6)3-11-10(16)13-5-18-4-8(13)9(14)15/h2,8H,3-5H2,1H3,(H,11,16)(H,14,15)/t8-/m0/s1. The number of aromatic nitrogens is 1. The van der Waals surface area contributed by atoms with Crippen molar-refractivity contribution in [2.24, 2.45) is 0 Å². The lowest BCUT2D eigenvalue weighted by Crippen LogP contribution is -2.46. The number of carboxylic acids is 1. The van der Waals surface area contributed by atoms with Crippen molar-refractivity contribution in [3.63, 3.8) is 0 Å². The molecule has 2 heterocycles. The largest absolute Gasteiger partial charge is 0.480 e. The molecule has 0 bridgehead atoms. The number of hydrogen-bond donors (Lipinski definition) is 2. The highest BCUT2D eigenvalue weighted by Gasteiger charge is 2.34. The molecule has 0 aromatic carbocycles. The summed E-state index contributed by atoms with van der Waals surface area (Å²) in [5.41, 5.74) is 0.611. The van der Waals surface area contributed by atoms with Crippen molar-refractivity contribution in [2.75, 3.05) is 11.6 Å².